The summed E-state index contributed by atoms with van der Waals surface area (Å²) < 4.78 is 22.6. The van der Waals surface area contributed by atoms with Crippen molar-refractivity contribution in [2.45, 2.75) is 0 Å². The molecule has 2 rings (SSSR count). The van der Waals surface area contributed by atoms with Crippen LogP contribution in [0, 0.1) is 10.1 Å². The minimum Gasteiger partial charge on any atom is -0.506 e. The van der Waals surface area contributed by atoms with Crippen molar-refractivity contribution in [3.05, 3.63) is 40.1 Å². The predicted octanol–water partition coefficient (Wildman–Crippen LogP) is 0.899. The van der Waals surface area contributed by atoms with E-state index in [-0.39, 0.29) is 33.7 Å². The highest BCUT2D eigenvalue weighted by atomic mass is 32.2. The van der Waals surface area contributed by atoms with Crippen LogP contribution < -0.4 is 10.6 Å². The first-order valence-corrected chi connectivity index (χ1v) is 7.95. The van der Waals surface area contributed by atoms with Crippen molar-refractivity contribution in [2.24, 2.45) is 0 Å². The number of nitrogens with one attached hydrogen (secondary N) is 2. The molecule has 0 fully saturated rings. The number of phenolic OH excluding ortho intramolecular Hbond substituents is 1. The number of nitrogens with zero attached hydrogens (tertiary/aromatic N) is 1. The molecule has 8 nitrogen and oxygen atoms in total. The highest BCUT2D eigenvalue weighted by molar-refractivity contribution is 7.92. The second kappa shape index (κ2) is 5.66. The molecule has 1 aliphatic heterocycles. The molecule has 0 unspecified atom stereocenters. The van der Waals surface area contributed by atoms with E-state index in [0.717, 1.165) is 12.1 Å². The molecule has 0 saturated heterocycles. The Morgan fingerprint density at radius 1 is 1.38 bits per heavy atom. The third-order valence-electron chi connectivity index (χ3n) is 2.67. The molecule has 3 N–H and O–H groups in total. The molecule has 0 aliphatic carbocycles. The van der Waals surface area contributed by atoms with Crippen LogP contribution in [0.25, 0.3) is 0 Å². The molecular formula is C11H11N3O5S2. The van der Waals surface area contributed by atoms with Crippen molar-refractivity contribution in [1.82, 2.24) is 5.32 Å². The second-order valence-electron chi connectivity index (χ2n) is 4.32. The summed E-state index contributed by atoms with van der Waals surface area (Å²) in [6.45, 7) is 0. The van der Waals surface area contributed by atoms with E-state index in [1.807, 2.05) is 0 Å². The molecule has 0 radical (unpaired) electrons. The molecule has 1 heterocycles. The molecule has 0 atom stereocenters. The van der Waals surface area contributed by atoms with Crippen molar-refractivity contribution < 1.29 is 18.4 Å². The van der Waals surface area contributed by atoms with Crippen LogP contribution in [-0.2, 0) is 9.84 Å². The molecule has 112 valence electrons. The molecule has 21 heavy (non-hydrogen) atoms. The normalized spacial score (nSPS) is 16.1. The van der Waals surface area contributed by atoms with Crippen LogP contribution in [0.3, 0.4) is 0 Å². The molecule has 1 aromatic rings. The average Bonchev–Trinajstić information content (AvgIpc) is 2.71. The van der Waals surface area contributed by atoms with Crippen LogP contribution in [0.2, 0.25) is 0 Å². The van der Waals surface area contributed by atoms with Crippen LogP contribution in [0.15, 0.2) is 30.0 Å². The first kappa shape index (κ1) is 15.2. The Bertz CT molecular complexity index is 742. The zero-order valence-corrected chi connectivity index (χ0v) is 12.2. The fourth-order valence-corrected chi connectivity index (χ4v) is 3.18. The van der Waals surface area contributed by atoms with Gasteiger partial charge in [0.25, 0.3) is 5.69 Å². The number of phenols is 1. The number of benzene rings is 1. The molecule has 0 spiro atoms. The minimum absolute atomic E-state index is 0.0362. The van der Waals surface area contributed by atoms with Crippen LogP contribution in [0.4, 0.5) is 11.4 Å². The van der Waals surface area contributed by atoms with E-state index in [0.29, 0.717) is 5.70 Å². The van der Waals surface area contributed by atoms with Gasteiger partial charge in [-0.3, -0.25) is 10.1 Å². The Hall–Kier alpha value is -2.20. The first-order chi connectivity index (χ1) is 9.77. The van der Waals surface area contributed by atoms with Crippen LogP contribution in [0.1, 0.15) is 0 Å². The van der Waals surface area contributed by atoms with Gasteiger partial charge in [0.15, 0.2) is 14.9 Å². The largest absolute Gasteiger partial charge is 0.506 e. The van der Waals surface area contributed by atoms with Gasteiger partial charge in [-0.05, 0) is 24.4 Å². The van der Waals surface area contributed by atoms with E-state index in [1.54, 1.807) is 0 Å². The minimum atomic E-state index is -3.12. The van der Waals surface area contributed by atoms with Crippen molar-refractivity contribution in [2.75, 3.05) is 16.8 Å². The maximum atomic E-state index is 11.3. The monoisotopic (exact) mass is 329 g/mol. The smallest absolute Gasteiger partial charge is 0.271 e. The third kappa shape index (κ3) is 3.89. The van der Waals surface area contributed by atoms with Crippen molar-refractivity contribution in [1.29, 1.82) is 0 Å². The molecule has 1 aromatic carbocycles. The molecule has 0 amide bonds. The Labute approximate surface area is 125 Å². The average molecular weight is 329 g/mol. The summed E-state index contributed by atoms with van der Waals surface area (Å²) in [6.07, 6.45) is 1.50. The highest BCUT2D eigenvalue weighted by Crippen LogP contribution is 2.27. The number of non-ortho nitro benzene ring substituents is 1. The number of rotatable bonds is 3. The summed E-state index contributed by atoms with van der Waals surface area (Å²) in [6, 6.07) is 3.45. The SMILES string of the molecule is O=[N+]([O-])c1ccc(O)c(NC(=S)NC2=CCS(=O)(=O)C2)c1. The van der Waals surface area contributed by atoms with Gasteiger partial charge in [-0.15, -0.1) is 0 Å². The summed E-state index contributed by atoms with van der Waals surface area (Å²) in [4.78, 5) is 10.1. The Morgan fingerprint density at radius 2 is 2.10 bits per heavy atom. The number of hydrogen-bond acceptors (Lipinski definition) is 6. The number of nitro benzene ring substituents is 1. The Balaban J connectivity index is 2.06. The molecule has 0 aromatic heterocycles. The van der Waals surface area contributed by atoms with Crippen molar-refractivity contribution in [3.63, 3.8) is 0 Å². The topological polar surface area (TPSA) is 122 Å². The summed E-state index contributed by atoms with van der Waals surface area (Å²) in [5.41, 5.74) is 0.279. The van der Waals surface area contributed by atoms with Gasteiger partial charge in [-0.1, -0.05) is 0 Å². The zero-order chi connectivity index (χ0) is 15.6. The lowest BCUT2D eigenvalue weighted by Crippen LogP contribution is -2.29. The quantitative estimate of drug-likeness (QED) is 0.324. The van der Waals surface area contributed by atoms with Crippen LogP contribution in [-0.4, -0.2) is 35.1 Å². The summed E-state index contributed by atoms with van der Waals surface area (Å²) in [5.74, 6) is -0.409. The van der Waals surface area contributed by atoms with Gasteiger partial charge in [0.05, 0.1) is 22.1 Å². The zero-order valence-electron chi connectivity index (χ0n) is 10.6. The van der Waals surface area contributed by atoms with E-state index in [2.05, 4.69) is 10.6 Å². The Morgan fingerprint density at radius 3 is 2.67 bits per heavy atom. The summed E-state index contributed by atoms with van der Waals surface area (Å²) >= 11 is 4.98. The number of hydrogen-bond donors (Lipinski definition) is 3. The molecule has 0 saturated carbocycles. The van der Waals surface area contributed by atoms with E-state index >= 15 is 0 Å². The van der Waals surface area contributed by atoms with Gasteiger partial charge in [-0.2, -0.15) is 0 Å². The number of nitro groups is 1. The van der Waals surface area contributed by atoms with Gasteiger partial charge in [-0.25, -0.2) is 8.42 Å². The van der Waals surface area contributed by atoms with Gasteiger partial charge >= 0.3 is 0 Å². The summed E-state index contributed by atoms with van der Waals surface area (Å²) in [7, 11) is -3.12. The number of aromatic hydroxyl groups is 1. The Kier molecular flexibility index (Phi) is 4.09. The fourth-order valence-electron chi connectivity index (χ4n) is 1.71. The number of sulfone groups is 1. The van der Waals surface area contributed by atoms with Gasteiger partial charge in [0.1, 0.15) is 5.75 Å². The highest BCUT2D eigenvalue weighted by Gasteiger charge is 2.20. The van der Waals surface area contributed by atoms with Crippen LogP contribution in [0.5, 0.6) is 5.75 Å². The van der Waals surface area contributed by atoms with E-state index in [1.165, 1.54) is 12.1 Å². The lowest BCUT2D eigenvalue weighted by atomic mass is 10.2. The molecule has 1 aliphatic rings. The maximum absolute atomic E-state index is 11.3. The van der Waals surface area contributed by atoms with Crippen molar-refractivity contribution in [3.8, 4) is 5.75 Å². The lowest BCUT2D eigenvalue weighted by molar-refractivity contribution is -0.384. The summed E-state index contributed by atoms with van der Waals surface area (Å²) in [5, 5.41) is 25.6. The van der Waals surface area contributed by atoms with Crippen LogP contribution >= 0.6 is 12.2 Å². The van der Waals surface area contributed by atoms with Gasteiger partial charge in [0.2, 0.25) is 0 Å². The molecule has 10 heteroatoms. The first-order valence-electron chi connectivity index (χ1n) is 5.72. The van der Waals surface area contributed by atoms with Gasteiger partial charge in [0, 0.05) is 17.8 Å². The number of anilines is 1. The maximum Gasteiger partial charge on any atom is 0.271 e. The second-order valence-corrected chi connectivity index (χ2v) is 6.84. The van der Waals surface area contributed by atoms with Gasteiger partial charge < -0.3 is 15.7 Å². The number of thiocarbonyl (C=S) groups is 1. The van der Waals surface area contributed by atoms with Crippen molar-refractivity contribution >= 4 is 38.5 Å². The van der Waals surface area contributed by atoms with E-state index in [4.69, 9.17) is 12.2 Å². The standard InChI is InChI=1S/C11H11N3O5S2/c15-10-2-1-8(14(16)17)5-9(10)13-11(20)12-7-3-4-21(18,19)6-7/h1-3,5,15H,4,6H2,(H2,12,13,20). The molecule has 0 bridgehead atoms. The van der Waals surface area contributed by atoms with E-state index in [9.17, 15) is 23.6 Å². The molecular weight excluding hydrogens is 318 g/mol. The third-order valence-corrected chi connectivity index (χ3v) is 4.30. The fraction of sp³-hybridized carbons (Fsp3) is 0.182. The lowest BCUT2D eigenvalue weighted by Gasteiger charge is -2.11. The van der Waals surface area contributed by atoms with E-state index < -0.39 is 14.8 Å². The predicted molar refractivity (Wildman–Crippen MR) is 80.9 cm³/mol.